The Kier molecular flexibility index (Phi) is 7.63. The number of halogens is 1. The third-order valence-corrected chi connectivity index (χ3v) is 5.57. The monoisotopic (exact) mass is 426 g/mol. The number of rotatable bonds is 8. The normalized spacial score (nSPS) is 16.4. The molecule has 2 aromatic carbocycles. The topological polar surface area (TPSA) is 96.2 Å². The summed E-state index contributed by atoms with van der Waals surface area (Å²) in [6, 6.07) is 15.5. The van der Waals surface area contributed by atoms with Crippen LogP contribution in [0.15, 0.2) is 59.7 Å². The molecule has 3 rings (SSSR count). The first-order valence-corrected chi connectivity index (χ1v) is 10.3. The second kappa shape index (κ2) is 10.4. The molecule has 7 heteroatoms. The van der Waals surface area contributed by atoms with Gasteiger partial charge >= 0.3 is 0 Å². The maximum atomic E-state index is 12.5. The summed E-state index contributed by atoms with van der Waals surface area (Å²) >= 11 is 6.05. The van der Waals surface area contributed by atoms with Crippen molar-refractivity contribution in [3.63, 3.8) is 0 Å². The summed E-state index contributed by atoms with van der Waals surface area (Å²) in [7, 11) is 0. The number of carbonyl (C=O) groups excluding carboxylic acids is 2. The van der Waals surface area contributed by atoms with Crippen molar-refractivity contribution < 1.29 is 9.59 Å². The summed E-state index contributed by atoms with van der Waals surface area (Å²) in [6.07, 6.45) is 0.0275. The van der Waals surface area contributed by atoms with Crippen LogP contribution in [0, 0.1) is 0 Å². The van der Waals surface area contributed by atoms with Crippen molar-refractivity contribution in [2.75, 3.05) is 6.54 Å². The highest BCUT2D eigenvalue weighted by Crippen LogP contribution is 2.19. The van der Waals surface area contributed by atoms with E-state index in [0.29, 0.717) is 36.8 Å². The minimum absolute atomic E-state index is 0.0116. The van der Waals surface area contributed by atoms with Crippen LogP contribution < -0.4 is 21.7 Å². The molecule has 158 valence electrons. The van der Waals surface area contributed by atoms with Gasteiger partial charge in [0.05, 0.1) is 6.42 Å². The molecule has 0 bridgehead atoms. The largest absolute Gasteiger partial charge is 0.352 e. The third kappa shape index (κ3) is 5.69. The minimum Gasteiger partial charge on any atom is -0.352 e. The fourth-order valence-corrected chi connectivity index (χ4v) is 3.70. The molecule has 1 aliphatic rings. The highest BCUT2D eigenvalue weighted by molar-refractivity contribution is 6.30. The average Bonchev–Trinajstić information content (AvgIpc) is 2.75. The van der Waals surface area contributed by atoms with E-state index in [-0.39, 0.29) is 24.3 Å². The van der Waals surface area contributed by atoms with Crippen molar-refractivity contribution in [1.82, 2.24) is 16.0 Å². The molecule has 0 aromatic heterocycles. The molecular formula is C23H27ClN4O2. The lowest BCUT2D eigenvalue weighted by molar-refractivity contribution is -0.123. The molecule has 1 heterocycles. The maximum absolute atomic E-state index is 12.5. The molecule has 1 aliphatic heterocycles. The average molecular weight is 427 g/mol. The van der Waals surface area contributed by atoms with E-state index in [1.165, 1.54) is 5.56 Å². The molecule has 0 fully saturated rings. The molecule has 1 atom stereocenters. The van der Waals surface area contributed by atoms with E-state index in [0.717, 1.165) is 16.7 Å². The van der Waals surface area contributed by atoms with E-state index in [2.05, 4.69) is 16.0 Å². The van der Waals surface area contributed by atoms with Crippen molar-refractivity contribution in [2.24, 2.45) is 5.73 Å². The Balaban J connectivity index is 1.62. The van der Waals surface area contributed by atoms with Gasteiger partial charge < -0.3 is 21.7 Å². The van der Waals surface area contributed by atoms with Crippen molar-refractivity contribution in [2.45, 2.75) is 39.0 Å². The molecule has 2 amide bonds. The van der Waals surface area contributed by atoms with Crippen LogP contribution in [0.4, 0.5) is 0 Å². The van der Waals surface area contributed by atoms with Gasteiger partial charge in [-0.15, -0.1) is 0 Å². The fourth-order valence-electron chi connectivity index (χ4n) is 3.50. The zero-order chi connectivity index (χ0) is 21.5. The summed E-state index contributed by atoms with van der Waals surface area (Å²) in [5.74, 6) is -0.406. The molecule has 0 saturated heterocycles. The molecule has 1 unspecified atom stereocenters. The fraction of sp³-hybridized carbons (Fsp3) is 0.304. The number of benzene rings is 2. The van der Waals surface area contributed by atoms with Crippen LogP contribution in [0.2, 0.25) is 5.02 Å². The van der Waals surface area contributed by atoms with Crippen LogP contribution in [0.5, 0.6) is 0 Å². The van der Waals surface area contributed by atoms with Crippen molar-refractivity contribution in [3.05, 3.63) is 81.4 Å². The van der Waals surface area contributed by atoms with Gasteiger partial charge in [0.2, 0.25) is 11.8 Å². The Bertz CT molecular complexity index is 943. The number of hydrogen-bond acceptors (Lipinski definition) is 4. The number of nitrogens with two attached hydrogens (primary N) is 1. The predicted octanol–water partition coefficient (Wildman–Crippen LogP) is 2.41. The van der Waals surface area contributed by atoms with Gasteiger partial charge in [-0.3, -0.25) is 9.59 Å². The van der Waals surface area contributed by atoms with Gasteiger partial charge in [0.25, 0.3) is 0 Å². The molecule has 2 aromatic rings. The van der Waals surface area contributed by atoms with Gasteiger partial charge in [-0.1, -0.05) is 48.0 Å². The highest BCUT2D eigenvalue weighted by Gasteiger charge is 2.26. The lowest BCUT2D eigenvalue weighted by Crippen LogP contribution is -2.47. The van der Waals surface area contributed by atoms with Crippen LogP contribution in [0.25, 0.3) is 0 Å². The molecule has 0 saturated carbocycles. The van der Waals surface area contributed by atoms with E-state index in [1.54, 1.807) is 12.1 Å². The van der Waals surface area contributed by atoms with Gasteiger partial charge in [0.1, 0.15) is 0 Å². The summed E-state index contributed by atoms with van der Waals surface area (Å²) in [5, 5.41) is 9.80. The Morgan fingerprint density at radius 1 is 1.17 bits per heavy atom. The summed E-state index contributed by atoms with van der Waals surface area (Å²) in [4.78, 5) is 24.9. The van der Waals surface area contributed by atoms with Gasteiger partial charge in [-0.25, -0.2) is 0 Å². The molecule has 0 radical (unpaired) electrons. The Labute approximate surface area is 181 Å². The second-order valence-electron chi connectivity index (χ2n) is 7.36. The van der Waals surface area contributed by atoms with E-state index in [4.69, 9.17) is 17.3 Å². The first-order valence-electron chi connectivity index (χ1n) is 9.97. The highest BCUT2D eigenvalue weighted by atomic mass is 35.5. The SMILES string of the molecule is CC1=C(CC(=O)NCc2cc(Cl)ccc2CN)C(=O)NCC1NCc1ccccc1. The molecule has 0 aliphatic carbocycles. The lowest BCUT2D eigenvalue weighted by atomic mass is 9.94. The van der Waals surface area contributed by atoms with Gasteiger partial charge in [0, 0.05) is 42.8 Å². The first kappa shape index (κ1) is 22.0. The van der Waals surface area contributed by atoms with Crippen LogP contribution in [-0.4, -0.2) is 24.4 Å². The van der Waals surface area contributed by atoms with Gasteiger partial charge in [-0.2, -0.15) is 0 Å². The van der Waals surface area contributed by atoms with Crippen molar-refractivity contribution in [1.29, 1.82) is 0 Å². The quantitative estimate of drug-likeness (QED) is 0.521. The number of nitrogens with one attached hydrogen (secondary N) is 3. The van der Waals surface area contributed by atoms with E-state index < -0.39 is 0 Å². The Morgan fingerprint density at radius 3 is 2.67 bits per heavy atom. The van der Waals surface area contributed by atoms with Crippen LogP contribution in [0.1, 0.15) is 30.0 Å². The molecular weight excluding hydrogens is 400 g/mol. The van der Waals surface area contributed by atoms with E-state index >= 15 is 0 Å². The van der Waals surface area contributed by atoms with E-state index in [1.807, 2.05) is 43.3 Å². The Hall–Kier alpha value is -2.67. The lowest BCUT2D eigenvalue weighted by Gasteiger charge is -2.28. The van der Waals surface area contributed by atoms with E-state index in [9.17, 15) is 9.59 Å². The summed E-state index contributed by atoms with van der Waals surface area (Å²) in [6.45, 7) is 3.78. The summed E-state index contributed by atoms with van der Waals surface area (Å²) < 4.78 is 0. The zero-order valence-electron chi connectivity index (χ0n) is 17.0. The van der Waals surface area contributed by atoms with Crippen LogP contribution in [-0.2, 0) is 29.2 Å². The van der Waals surface area contributed by atoms with Crippen molar-refractivity contribution in [3.8, 4) is 0 Å². The van der Waals surface area contributed by atoms with Crippen LogP contribution in [0.3, 0.4) is 0 Å². The first-order chi connectivity index (χ1) is 14.5. The van der Waals surface area contributed by atoms with Crippen molar-refractivity contribution >= 4 is 23.4 Å². The number of hydrogen-bond donors (Lipinski definition) is 4. The molecule has 6 nitrogen and oxygen atoms in total. The zero-order valence-corrected chi connectivity index (χ0v) is 17.8. The summed E-state index contributed by atoms with van der Waals surface area (Å²) in [5.41, 5.74) is 10.1. The molecule has 30 heavy (non-hydrogen) atoms. The molecule has 5 N–H and O–H groups in total. The smallest absolute Gasteiger partial charge is 0.247 e. The third-order valence-electron chi connectivity index (χ3n) is 5.34. The standard InChI is InChI=1S/C23H27ClN4O2/c1-15-20(10-22(29)27-13-18-9-19(24)8-7-17(18)11-25)23(30)28-14-21(15)26-12-16-5-3-2-4-6-16/h2-9,21,26H,10-14,25H2,1H3,(H,27,29)(H,28,30). The van der Waals surface area contributed by atoms with Gasteiger partial charge in [0.15, 0.2) is 0 Å². The Morgan fingerprint density at radius 2 is 1.93 bits per heavy atom. The number of amides is 2. The predicted molar refractivity (Wildman–Crippen MR) is 119 cm³/mol. The van der Waals surface area contributed by atoms with Gasteiger partial charge in [-0.05, 0) is 41.3 Å². The minimum atomic E-state index is -0.217. The van der Waals surface area contributed by atoms with Crippen LogP contribution >= 0.6 is 11.6 Å². The second-order valence-corrected chi connectivity index (χ2v) is 7.80. The number of carbonyl (C=O) groups is 2. The molecule has 0 spiro atoms. The maximum Gasteiger partial charge on any atom is 0.247 e.